The van der Waals surface area contributed by atoms with Crippen molar-refractivity contribution in [3.05, 3.63) is 77.6 Å². The highest BCUT2D eigenvalue weighted by atomic mass is 19.1. The number of hydrogen-bond acceptors (Lipinski definition) is 4. The van der Waals surface area contributed by atoms with Crippen LogP contribution >= 0.6 is 0 Å². The summed E-state index contributed by atoms with van der Waals surface area (Å²) in [6, 6.07) is 15.5. The fourth-order valence-electron chi connectivity index (χ4n) is 3.79. The number of likely N-dealkylation sites (tertiary alicyclic amines) is 1. The summed E-state index contributed by atoms with van der Waals surface area (Å²) in [5.74, 6) is 0.265. The van der Waals surface area contributed by atoms with E-state index in [1.807, 2.05) is 30.3 Å². The number of carbonyl (C=O) groups is 1. The van der Waals surface area contributed by atoms with E-state index in [2.05, 4.69) is 10.1 Å². The minimum Gasteiger partial charge on any atom is -0.388 e. The number of halogens is 1. The Bertz CT molecular complexity index is 980. The van der Waals surface area contributed by atoms with Crippen LogP contribution in [0.15, 0.2) is 54.6 Å². The van der Waals surface area contributed by atoms with Gasteiger partial charge in [-0.2, -0.15) is 0 Å². The topological polar surface area (TPSA) is 71.2 Å². The van der Waals surface area contributed by atoms with Gasteiger partial charge in [-0.15, -0.1) is 5.10 Å². The second-order valence-corrected chi connectivity index (χ2v) is 7.36. The summed E-state index contributed by atoms with van der Waals surface area (Å²) < 4.78 is 14.7. The molecular formula is C22H23FN4O2. The third-order valence-corrected chi connectivity index (χ3v) is 5.45. The number of rotatable bonds is 4. The molecule has 0 saturated carbocycles. The Hall–Kier alpha value is -3.06. The van der Waals surface area contributed by atoms with Gasteiger partial charge in [0, 0.05) is 13.1 Å². The van der Waals surface area contributed by atoms with Crippen molar-refractivity contribution in [2.75, 3.05) is 13.1 Å². The van der Waals surface area contributed by atoms with Crippen molar-refractivity contribution in [2.24, 2.45) is 5.92 Å². The maximum Gasteiger partial charge on any atom is 0.293 e. The molecule has 1 N–H and O–H groups in total. The average Bonchev–Trinajstić information content (AvgIpc) is 3.15. The maximum atomic E-state index is 13.2. The fourth-order valence-corrected chi connectivity index (χ4v) is 3.79. The van der Waals surface area contributed by atoms with E-state index in [0.29, 0.717) is 24.6 Å². The van der Waals surface area contributed by atoms with E-state index < -0.39 is 6.10 Å². The van der Waals surface area contributed by atoms with E-state index in [-0.39, 0.29) is 23.5 Å². The van der Waals surface area contributed by atoms with Crippen molar-refractivity contribution >= 4 is 5.91 Å². The molecule has 4 rings (SSSR count). The summed E-state index contributed by atoms with van der Waals surface area (Å²) in [4.78, 5) is 18.9. The Morgan fingerprint density at radius 2 is 1.76 bits per heavy atom. The first-order valence-electron chi connectivity index (χ1n) is 9.75. The summed E-state index contributed by atoms with van der Waals surface area (Å²) >= 11 is 0. The normalized spacial score (nSPS) is 16.0. The molecular weight excluding hydrogens is 371 g/mol. The maximum absolute atomic E-state index is 13.2. The highest BCUT2D eigenvalue weighted by Crippen LogP contribution is 2.31. The molecule has 3 aromatic rings. The molecule has 1 atom stereocenters. The molecule has 1 aliphatic heterocycles. The van der Waals surface area contributed by atoms with Crippen molar-refractivity contribution in [1.82, 2.24) is 19.7 Å². The molecule has 1 aromatic heterocycles. The molecule has 7 heteroatoms. The van der Waals surface area contributed by atoms with Gasteiger partial charge in [0.1, 0.15) is 11.6 Å². The Balaban J connectivity index is 1.42. The van der Waals surface area contributed by atoms with Gasteiger partial charge in [0.25, 0.3) is 5.91 Å². The standard InChI is InChI=1S/C22H23FN4O2/c1-15-24-21(25-27(15)19-9-7-18(23)8-10-19)22(29)26-13-11-17(12-14-26)20(28)16-5-3-2-4-6-16/h2-10,17,20,28H,11-14H2,1H3/t20-/m1/s1. The first kappa shape index (κ1) is 19.3. The van der Waals surface area contributed by atoms with E-state index in [1.54, 1.807) is 28.6 Å². The lowest BCUT2D eigenvalue weighted by Gasteiger charge is -2.33. The number of piperidine rings is 1. The highest BCUT2D eigenvalue weighted by Gasteiger charge is 2.30. The molecule has 0 unspecified atom stereocenters. The fraction of sp³-hybridized carbons (Fsp3) is 0.318. The molecule has 0 spiro atoms. The lowest BCUT2D eigenvalue weighted by molar-refractivity contribution is 0.0454. The summed E-state index contributed by atoms with van der Waals surface area (Å²) in [5, 5.41) is 14.9. The van der Waals surface area contributed by atoms with Crippen molar-refractivity contribution in [1.29, 1.82) is 0 Å². The van der Waals surface area contributed by atoms with E-state index in [4.69, 9.17) is 0 Å². The summed E-state index contributed by atoms with van der Waals surface area (Å²) in [6.07, 6.45) is 0.922. The van der Waals surface area contributed by atoms with Crippen LogP contribution in [0.2, 0.25) is 0 Å². The van der Waals surface area contributed by atoms with Gasteiger partial charge < -0.3 is 10.0 Å². The number of aliphatic hydroxyl groups is 1. The Morgan fingerprint density at radius 1 is 1.10 bits per heavy atom. The molecule has 150 valence electrons. The number of hydrogen-bond donors (Lipinski definition) is 1. The van der Waals surface area contributed by atoms with Gasteiger partial charge in [0.05, 0.1) is 11.8 Å². The number of nitrogens with zero attached hydrogens (tertiary/aromatic N) is 4. The van der Waals surface area contributed by atoms with Crippen LogP contribution in [0.1, 0.15) is 41.0 Å². The van der Waals surface area contributed by atoms with Gasteiger partial charge in [-0.3, -0.25) is 4.79 Å². The van der Waals surface area contributed by atoms with E-state index in [0.717, 1.165) is 18.4 Å². The van der Waals surface area contributed by atoms with Gasteiger partial charge in [-0.05, 0) is 55.5 Å². The van der Waals surface area contributed by atoms with Crippen molar-refractivity contribution < 1.29 is 14.3 Å². The quantitative estimate of drug-likeness (QED) is 0.737. The number of aryl methyl sites for hydroxylation is 1. The van der Waals surface area contributed by atoms with Crippen LogP contribution in [0.25, 0.3) is 5.69 Å². The van der Waals surface area contributed by atoms with Crippen LogP contribution in [0.5, 0.6) is 0 Å². The summed E-state index contributed by atoms with van der Waals surface area (Å²) in [7, 11) is 0. The first-order chi connectivity index (χ1) is 14.0. The number of benzene rings is 2. The van der Waals surface area contributed by atoms with Crippen LogP contribution < -0.4 is 0 Å². The predicted molar refractivity (Wildman–Crippen MR) is 106 cm³/mol. The largest absolute Gasteiger partial charge is 0.388 e. The summed E-state index contributed by atoms with van der Waals surface area (Å²) in [5.41, 5.74) is 1.56. The van der Waals surface area contributed by atoms with E-state index in [9.17, 15) is 14.3 Å². The van der Waals surface area contributed by atoms with Gasteiger partial charge in [0.15, 0.2) is 0 Å². The van der Waals surface area contributed by atoms with Gasteiger partial charge >= 0.3 is 0 Å². The van der Waals surface area contributed by atoms with Crippen molar-refractivity contribution in [3.63, 3.8) is 0 Å². The van der Waals surface area contributed by atoms with E-state index >= 15 is 0 Å². The zero-order chi connectivity index (χ0) is 20.4. The van der Waals surface area contributed by atoms with Gasteiger partial charge in [0.2, 0.25) is 5.82 Å². The van der Waals surface area contributed by atoms with Gasteiger partial charge in [-0.25, -0.2) is 14.1 Å². The molecule has 1 fully saturated rings. The Morgan fingerprint density at radius 3 is 2.41 bits per heavy atom. The lowest BCUT2D eigenvalue weighted by atomic mass is 9.87. The average molecular weight is 394 g/mol. The Kier molecular flexibility index (Phi) is 5.40. The lowest BCUT2D eigenvalue weighted by Crippen LogP contribution is -2.40. The minimum absolute atomic E-state index is 0.118. The number of carbonyl (C=O) groups excluding carboxylic acids is 1. The first-order valence-corrected chi connectivity index (χ1v) is 9.75. The zero-order valence-corrected chi connectivity index (χ0v) is 16.2. The predicted octanol–water partition coefficient (Wildman–Crippen LogP) is 3.30. The third-order valence-electron chi connectivity index (χ3n) is 5.45. The molecule has 0 bridgehead atoms. The highest BCUT2D eigenvalue weighted by molar-refractivity contribution is 5.90. The van der Waals surface area contributed by atoms with Crippen LogP contribution in [0.4, 0.5) is 4.39 Å². The second kappa shape index (κ2) is 8.13. The molecule has 29 heavy (non-hydrogen) atoms. The molecule has 0 radical (unpaired) electrons. The molecule has 6 nitrogen and oxygen atoms in total. The molecule has 0 aliphatic carbocycles. The van der Waals surface area contributed by atoms with Crippen molar-refractivity contribution in [3.8, 4) is 5.69 Å². The Labute approximate surface area is 168 Å². The molecule has 1 aliphatic rings. The van der Waals surface area contributed by atoms with Crippen LogP contribution in [0.3, 0.4) is 0 Å². The van der Waals surface area contributed by atoms with E-state index in [1.165, 1.54) is 12.1 Å². The minimum atomic E-state index is -0.522. The molecule has 1 saturated heterocycles. The number of aliphatic hydroxyl groups excluding tert-OH is 1. The number of aromatic nitrogens is 3. The van der Waals surface area contributed by atoms with Crippen LogP contribution in [-0.4, -0.2) is 43.8 Å². The molecule has 2 aromatic carbocycles. The SMILES string of the molecule is Cc1nc(C(=O)N2CCC([C@H](O)c3ccccc3)CC2)nn1-c1ccc(F)cc1. The van der Waals surface area contributed by atoms with Gasteiger partial charge in [-0.1, -0.05) is 30.3 Å². The molecule has 1 amide bonds. The number of amides is 1. The summed E-state index contributed by atoms with van der Waals surface area (Å²) in [6.45, 7) is 2.87. The molecule has 2 heterocycles. The zero-order valence-electron chi connectivity index (χ0n) is 16.2. The smallest absolute Gasteiger partial charge is 0.293 e. The third kappa shape index (κ3) is 4.05. The monoisotopic (exact) mass is 394 g/mol. The van der Waals surface area contributed by atoms with Crippen molar-refractivity contribution in [2.45, 2.75) is 25.9 Å². The second-order valence-electron chi connectivity index (χ2n) is 7.36. The van der Waals surface area contributed by atoms with Crippen LogP contribution in [-0.2, 0) is 0 Å². The van der Waals surface area contributed by atoms with Crippen LogP contribution in [0, 0.1) is 18.7 Å².